The Kier molecular flexibility index (Phi) is 4.29. The first-order valence-corrected chi connectivity index (χ1v) is 8.80. The molecule has 3 atom stereocenters. The molecule has 3 rings (SSSR count). The lowest BCUT2D eigenvalue weighted by atomic mass is 9.63. The number of ketones is 1. The average Bonchev–Trinajstić information content (AvgIpc) is 2.75. The first-order valence-electron chi connectivity index (χ1n) is 8.80. The molecule has 1 saturated heterocycles. The number of hydrogen-bond acceptors (Lipinski definition) is 5. The van der Waals surface area contributed by atoms with Crippen molar-refractivity contribution in [2.75, 3.05) is 0 Å². The molecule has 0 aromatic heterocycles. The number of allylic oxidation sites excluding steroid dienone is 1. The molecule has 5 heteroatoms. The van der Waals surface area contributed by atoms with Crippen LogP contribution in [0.3, 0.4) is 0 Å². The second-order valence-corrected chi connectivity index (χ2v) is 8.27. The third kappa shape index (κ3) is 3.06. The maximum absolute atomic E-state index is 13.2. The zero-order valence-electron chi connectivity index (χ0n) is 15.6. The fourth-order valence-corrected chi connectivity index (χ4v) is 3.83. The Balaban J connectivity index is 2.11. The highest BCUT2D eigenvalue weighted by molar-refractivity contribution is 6.05. The van der Waals surface area contributed by atoms with Gasteiger partial charge in [0.25, 0.3) is 0 Å². The highest BCUT2D eigenvalue weighted by atomic mass is 16.6. The van der Waals surface area contributed by atoms with Crippen molar-refractivity contribution < 1.29 is 23.9 Å². The zero-order valence-corrected chi connectivity index (χ0v) is 15.6. The van der Waals surface area contributed by atoms with Gasteiger partial charge in [-0.05, 0) is 51.8 Å². The van der Waals surface area contributed by atoms with Crippen molar-refractivity contribution in [1.82, 2.24) is 0 Å². The zero-order chi connectivity index (χ0) is 19.2. The lowest BCUT2D eigenvalue weighted by Crippen LogP contribution is -2.50. The minimum absolute atomic E-state index is 0.0742. The van der Waals surface area contributed by atoms with Gasteiger partial charge in [0.05, 0.1) is 0 Å². The number of rotatable bonds is 3. The third-order valence-corrected chi connectivity index (χ3v) is 5.06. The summed E-state index contributed by atoms with van der Waals surface area (Å²) in [6.07, 6.45) is 3.24. The second-order valence-electron chi connectivity index (χ2n) is 8.27. The number of fused-ring (bicyclic) bond motifs is 1. The summed E-state index contributed by atoms with van der Waals surface area (Å²) >= 11 is 0. The molecular formula is C21H24O5. The van der Waals surface area contributed by atoms with Crippen molar-refractivity contribution in [2.45, 2.75) is 51.7 Å². The summed E-state index contributed by atoms with van der Waals surface area (Å²) in [5, 5.41) is 0. The number of esters is 2. The van der Waals surface area contributed by atoms with Gasteiger partial charge < -0.3 is 9.47 Å². The molecule has 0 saturated carbocycles. The highest BCUT2D eigenvalue weighted by Gasteiger charge is 2.68. The summed E-state index contributed by atoms with van der Waals surface area (Å²) in [6, 6.07) is 9.28. The lowest BCUT2D eigenvalue weighted by molar-refractivity contribution is -0.175. The Morgan fingerprint density at radius 1 is 1.23 bits per heavy atom. The van der Waals surface area contributed by atoms with Crippen LogP contribution in [0.5, 0.6) is 0 Å². The number of carbonyl (C=O) groups is 3. The Hall–Kier alpha value is -2.43. The molecule has 0 spiro atoms. The predicted molar refractivity (Wildman–Crippen MR) is 95.2 cm³/mol. The van der Waals surface area contributed by atoms with Gasteiger partial charge in [-0.1, -0.05) is 30.3 Å². The van der Waals surface area contributed by atoms with Gasteiger partial charge in [-0.2, -0.15) is 0 Å². The molecule has 1 aromatic carbocycles. The van der Waals surface area contributed by atoms with E-state index in [0.717, 1.165) is 5.56 Å². The maximum atomic E-state index is 13.2. The maximum Gasteiger partial charge on any atom is 0.325 e. The van der Waals surface area contributed by atoms with Crippen molar-refractivity contribution in [1.29, 1.82) is 0 Å². The van der Waals surface area contributed by atoms with Gasteiger partial charge in [0, 0.05) is 12.3 Å². The van der Waals surface area contributed by atoms with Gasteiger partial charge in [-0.15, -0.1) is 0 Å². The van der Waals surface area contributed by atoms with Crippen LogP contribution in [0.4, 0.5) is 0 Å². The van der Waals surface area contributed by atoms with Crippen LogP contribution in [-0.4, -0.2) is 28.9 Å². The molecule has 1 aliphatic heterocycles. The van der Waals surface area contributed by atoms with E-state index in [4.69, 9.17) is 9.47 Å². The predicted octanol–water partition coefficient (Wildman–Crippen LogP) is 3.02. The molecule has 0 unspecified atom stereocenters. The van der Waals surface area contributed by atoms with Crippen LogP contribution >= 0.6 is 0 Å². The lowest BCUT2D eigenvalue weighted by Gasteiger charge is -2.36. The van der Waals surface area contributed by atoms with Gasteiger partial charge in [0.2, 0.25) is 0 Å². The van der Waals surface area contributed by atoms with Crippen LogP contribution < -0.4 is 0 Å². The molecule has 138 valence electrons. The summed E-state index contributed by atoms with van der Waals surface area (Å²) in [5.41, 5.74) is -2.46. The van der Waals surface area contributed by atoms with E-state index in [2.05, 4.69) is 0 Å². The summed E-state index contributed by atoms with van der Waals surface area (Å²) in [4.78, 5) is 38.4. The van der Waals surface area contributed by atoms with Gasteiger partial charge in [0.1, 0.15) is 11.2 Å². The normalized spacial score (nSPS) is 30.7. The Bertz CT molecular complexity index is 773. The summed E-state index contributed by atoms with van der Waals surface area (Å²) in [6.45, 7) is 7.02. The van der Waals surface area contributed by atoms with Crippen molar-refractivity contribution in [3.05, 3.63) is 48.0 Å². The van der Waals surface area contributed by atoms with Gasteiger partial charge >= 0.3 is 11.9 Å². The minimum Gasteiger partial charge on any atom is -0.459 e. The van der Waals surface area contributed by atoms with E-state index in [0.29, 0.717) is 0 Å². The quantitative estimate of drug-likeness (QED) is 0.615. The van der Waals surface area contributed by atoms with Crippen LogP contribution in [0.1, 0.15) is 39.7 Å². The smallest absolute Gasteiger partial charge is 0.325 e. The molecular weight excluding hydrogens is 332 g/mol. The molecule has 1 aliphatic carbocycles. The molecule has 0 N–H and O–H groups in total. The number of carbonyl (C=O) groups excluding carboxylic acids is 3. The molecule has 5 nitrogen and oxygen atoms in total. The van der Waals surface area contributed by atoms with Crippen molar-refractivity contribution in [2.24, 2.45) is 11.3 Å². The fourth-order valence-electron chi connectivity index (χ4n) is 3.83. The van der Waals surface area contributed by atoms with Crippen molar-refractivity contribution in [3.8, 4) is 0 Å². The van der Waals surface area contributed by atoms with E-state index < -0.39 is 34.5 Å². The standard InChI is InChI=1S/C21H24O5/c1-19(2,3)25-17(23)21(13-14-8-6-5-7-9-14)16-12-15(22)10-11-20(16,4)26-18(21)24/h5-11,16H,12-13H2,1-4H3/t16-,20+,21+/m0/s1. The summed E-state index contributed by atoms with van der Waals surface area (Å²) in [7, 11) is 0. The van der Waals surface area contributed by atoms with Gasteiger partial charge in [-0.25, -0.2) is 0 Å². The SMILES string of the molecule is CC(C)(C)OC(=O)[C@]1(Cc2ccccc2)C(=O)O[C@]2(C)C=CC(=O)C[C@H]12. The van der Waals surface area contributed by atoms with Crippen LogP contribution in [0.15, 0.2) is 42.5 Å². The molecule has 0 amide bonds. The highest BCUT2D eigenvalue weighted by Crippen LogP contribution is 2.53. The molecule has 26 heavy (non-hydrogen) atoms. The average molecular weight is 356 g/mol. The second kappa shape index (κ2) is 6.08. The topological polar surface area (TPSA) is 69.7 Å². The van der Waals surface area contributed by atoms with E-state index in [-0.39, 0.29) is 18.6 Å². The van der Waals surface area contributed by atoms with E-state index in [9.17, 15) is 14.4 Å². The molecule has 1 heterocycles. The molecule has 1 fully saturated rings. The van der Waals surface area contributed by atoms with Gasteiger partial charge in [0.15, 0.2) is 11.2 Å². The monoisotopic (exact) mass is 356 g/mol. The van der Waals surface area contributed by atoms with E-state index >= 15 is 0 Å². The van der Waals surface area contributed by atoms with Crippen molar-refractivity contribution in [3.63, 3.8) is 0 Å². The van der Waals surface area contributed by atoms with Crippen LogP contribution in [0.2, 0.25) is 0 Å². The van der Waals surface area contributed by atoms with Crippen molar-refractivity contribution >= 4 is 17.7 Å². The Labute approximate surface area is 153 Å². The molecule has 0 radical (unpaired) electrons. The van der Waals surface area contributed by atoms with E-state index in [1.165, 1.54) is 6.08 Å². The molecule has 0 bridgehead atoms. The largest absolute Gasteiger partial charge is 0.459 e. The number of ether oxygens (including phenoxy) is 2. The van der Waals surface area contributed by atoms with Crippen LogP contribution in [0, 0.1) is 11.3 Å². The Morgan fingerprint density at radius 2 is 1.88 bits per heavy atom. The number of hydrogen-bond donors (Lipinski definition) is 0. The third-order valence-electron chi connectivity index (χ3n) is 5.06. The number of benzene rings is 1. The minimum atomic E-state index is -1.54. The summed E-state index contributed by atoms with van der Waals surface area (Å²) in [5.74, 6) is -1.97. The van der Waals surface area contributed by atoms with Crippen LogP contribution in [-0.2, 0) is 30.3 Å². The van der Waals surface area contributed by atoms with Crippen LogP contribution in [0.25, 0.3) is 0 Å². The first kappa shape index (κ1) is 18.4. The molecule has 1 aromatic rings. The fraction of sp³-hybridized carbons (Fsp3) is 0.476. The summed E-state index contributed by atoms with van der Waals surface area (Å²) < 4.78 is 11.3. The first-order chi connectivity index (χ1) is 12.1. The molecule has 2 aliphatic rings. The van der Waals surface area contributed by atoms with E-state index in [1.54, 1.807) is 33.8 Å². The van der Waals surface area contributed by atoms with Gasteiger partial charge in [-0.3, -0.25) is 14.4 Å². The van der Waals surface area contributed by atoms with E-state index in [1.807, 2.05) is 30.3 Å². The Morgan fingerprint density at radius 3 is 2.50 bits per heavy atom.